The lowest BCUT2D eigenvalue weighted by Crippen LogP contribution is -2.50. The van der Waals surface area contributed by atoms with Crippen LogP contribution in [-0.2, 0) is 11.3 Å². The van der Waals surface area contributed by atoms with E-state index in [1.165, 1.54) is 12.1 Å². The third kappa shape index (κ3) is 6.37. The van der Waals surface area contributed by atoms with E-state index in [9.17, 15) is 14.0 Å². The topological polar surface area (TPSA) is 43.9 Å². The van der Waals surface area contributed by atoms with Crippen molar-refractivity contribution in [3.63, 3.8) is 0 Å². The van der Waals surface area contributed by atoms with E-state index < -0.39 is 0 Å². The Morgan fingerprint density at radius 1 is 1.00 bits per heavy atom. The molecule has 0 bridgehead atoms. The van der Waals surface area contributed by atoms with Gasteiger partial charge in [0, 0.05) is 57.8 Å². The standard InChI is InChI=1S/C25H32FN3O2/c1-3-6-24(30)28-16-13-27(14-17-28)15-18-29(19-21-9-11-22(26)12-10-21)25(31)23-8-5-4-7-20(23)2/h4-5,7-12H,3,6,13-19H2,1-2H3. The largest absolute Gasteiger partial charge is 0.340 e. The van der Waals surface area contributed by atoms with E-state index in [1.54, 1.807) is 12.1 Å². The van der Waals surface area contributed by atoms with E-state index in [1.807, 2.05) is 47.9 Å². The molecule has 0 radical (unpaired) electrons. The van der Waals surface area contributed by atoms with Gasteiger partial charge in [-0.1, -0.05) is 37.3 Å². The lowest BCUT2D eigenvalue weighted by atomic mass is 10.1. The Labute approximate surface area is 184 Å². The van der Waals surface area contributed by atoms with Gasteiger partial charge in [0.2, 0.25) is 5.91 Å². The molecule has 2 amide bonds. The minimum atomic E-state index is -0.281. The number of hydrogen-bond donors (Lipinski definition) is 0. The first kappa shape index (κ1) is 22.9. The normalized spacial score (nSPS) is 14.5. The number of aryl methyl sites for hydroxylation is 1. The van der Waals surface area contributed by atoms with Gasteiger partial charge in [-0.2, -0.15) is 0 Å². The van der Waals surface area contributed by atoms with Crippen LogP contribution in [0.3, 0.4) is 0 Å². The van der Waals surface area contributed by atoms with Crippen molar-refractivity contribution in [1.82, 2.24) is 14.7 Å². The summed E-state index contributed by atoms with van der Waals surface area (Å²) in [5, 5.41) is 0. The average molecular weight is 426 g/mol. The summed E-state index contributed by atoms with van der Waals surface area (Å²) in [6.45, 7) is 8.83. The Hall–Kier alpha value is -2.73. The molecule has 0 spiro atoms. The molecule has 0 aromatic heterocycles. The SMILES string of the molecule is CCCC(=O)N1CCN(CCN(Cc2ccc(F)cc2)C(=O)c2ccccc2C)CC1. The van der Waals surface area contributed by atoms with Crippen LogP contribution in [0.15, 0.2) is 48.5 Å². The van der Waals surface area contributed by atoms with Gasteiger partial charge in [0.15, 0.2) is 0 Å². The number of benzene rings is 2. The molecule has 166 valence electrons. The van der Waals surface area contributed by atoms with Crippen molar-refractivity contribution in [3.8, 4) is 0 Å². The molecule has 0 N–H and O–H groups in total. The first-order valence-electron chi connectivity index (χ1n) is 11.1. The number of rotatable bonds is 8. The highest BCUT2D eigenvalue weighted by molar-refractivity contribution is 5.95. The van der Waals surface area contributed by atoms with Crippen molar-refractivity contribution < 1.29 is 14.0 Å². The first-order chi connectivity index (χ1) is 15.0. The maximum absolute atomic E-state index is 13.3. The Balaban J connectivity index is 1.64. The molecule has 1 heterocycles. The van der Waals surface area contributed by atoms with Gasteiger partial charge in [-0.15, -0.1) is 0 Å². The molecule has 0 aliphatic carbocycles. The number of carbonyl (C=O) groups excluding carboxylic acids is 2. The zero-order valence-corrected chi connectivity index (χ0v) is 18.5. The van der Waals surface area contributed by atoms with Crippen LogP contribution < -0.4 is 0 Å². The molecule has 2 aromatic rings. The fraction of sp³-hybridized carbons (Fsp3) is 0.440. The summed E-state index contributed by atoms with van der Waals surface area (Å²) < 4.78 is 13.3. The third-order valence-corrected chi connectivity index (χ3v) is 5.82. The summed E-state index contributed by atoms with van der Waals surface area (Å²) in [5.41, 5.74) is 2.54. The zero-order chi connectivity index (χ0) is 22.2. The summed E-state index contributed by atoms with van der Waals surface area (Å²) in [7, 11) is 0. The van der Waals surface area contributed by atoms with E-state index >= 15 is 0 Å². The van der Waals surface area contributed by atoms with E-state index in [2.05, 4.69) is 4.90 Å². The Kier molecular flexibility index (Phi) is 8.18. The third-order valence-electron chi connectivity index (χ3n) is 5.82. The minimum Gasteiger partial charge on any atom is -0.340 e. The monoisotopic (exact) mass is 425 g/mol. The fourth-order valence-electron chi connectivity index (χ4n) is 3.90. The second-order valence-corrected chi connectivity index (χ2v) is 8.14. The number of hydrogen-bond acceptors (Lipinski definition) is 3. The summed E-state index contributed by atoms with van der Waals surface area (Å²) in [6, 6.07) is 13.9. The highest BCUT2D eigenvalue weighted by Crippen LogP contribution is 2.15. The van der Waals surface area contributed by atoms with Gasteiger partial charge >= 0.3 is 0 Å². The molecular formula is C25H32FN3O2. The van der Waals surface area contributed by atoms with Crippen molar-refractivity contribution in [1.29, 1.82) is 0 Å². The summed E-state index contributed by atoms with van der Waals surface area (Å²) in [6.07, 6.45) is 1.48. The molecule has 0 atom stereocenters. The Morgan fingerprint density at radius 2 is 1.68 bits per heavy atom. The first-order valence-corrected chi connectivity index (χ1v) is 11.1. The quantitative estimate of drug-likeness (QED) is 0.648. The molecule has 1 aliphatic heterocycles. The van der Waals surface area contributed by atoms with Crippen molar-refractivity contribution in [2.24, 2.45) is 0 Å². The van der Waals surface area contributed by atoms with Crippen LogP contribution in [0.2, 0.25) is 0 Å². The predicted octanol–water partition coefficient (Wildman–Crippen LogP) is 3.72. The maximum atomic E-state index is 13.3. The lowest BCUT2D eigenvalue weighted by Gasteiger charge is -2.36. The number of halogens is 1. The van der Waals surface area contributed by atoms with Crippen LogP contribution in [0, 0.1) is 12.7 Å². The molecule has 31 heavy (non-hydrogen) atoms. The highest BCUT2D eigenvalue weighted by Gasteiger charge is 2.23. The van der Waals surface area contributed by atoms with Gasteiger partial charge in [0.25, 0.3) is 5.91 Å². The van der Waals surface area contributed by atoms with Gasteiger partial charge in [-0.3, -0.25) is 14.5 Å². The Bertz CT molecular complexity index is 877. The van der Waals surface area contributed by atoms with E-state index in [0.717, 1.165) is 50.3 Å². The molecule has 1 aliphatic rings. The smallest absolute Gasteiger partial charge is 0.254 e. The second kappa shape index (κ2) is 11.0. The van der Waals surface area contributed by atoms with Crippen molar-refractivity contribution in [3.05, 3.63) is 71.0 Å². The van der Waals surface area contributed by atoms with Crippen LogP contribution in [-0.4, -0.2) is 65.8 Å². The molecule has 3 rings (SSSR count). The molecular weight excluding hydrogens is 393 g/mol. The number of nitrogens with zero attached hydrogens (tertiary/aromatic N) is 3. The van der Waals surface area contributed by atoms with Gasteiger partial charge < -0.3 is 9.80 Å². The molecule has 0 unspecified atom stereocenters. The summed E-state index contributed by atoms with van der Waals surface area (Å²) in [4.78, 5) is 31.5. The molecule has 1 saturated heterocycles. The second-order valence-electron chi connectivity index (χ2n) is 8.14. The van der Waals surface area contributed by atoms with Crippen LogP contribution in [0.5, 0.6) is 0 Å². The summed E-state index contributed by atoms with van der Waals surface area (Å²) in [5.74, 6) is -0.0648. The van der Waals surface area contributed by atoms with Crippen LogP contribution >= 0.6 is 0 Å². The lowest BCUT2D eigenvalue weighted by molar-refractivity contribution is -0.133. The fourth-order valence-corrected chi connectivity index (χ4v) is 3.90. The van der Waals surface area contributed by atoms with Crippen LogP contribution in [0.4, 0.5) is 4.39 Å². The molecule has 6 heteroatoms. The highest BCUT2D eigenvalue weighted by atomic mass is 19.1. The van der Waals surface area contributed by atoms with Crippen LogP contribution in [0.25, 0.3) is 0 Å². The van der Waals surface area contributed by atoms with Crippen molar-refractivity contribution >= 4 is 11.8 Å². The van der Waals surface area contributed by atoms with Gasteiger partial charge in [0.05, 0.1) is 0 Å². The van der Waals surface area contributed by atoms with Crippen molar-refractivity contribution in [2.45, 2.75) is 33.2 Å². The molecule has 0 saturated carbocycles. The minimum absolute atomic E-state index is 0.0146. The average Bonchev–Trinajstić information content (AvgIpc) is 2.78. The zero-order valence-electron chi connectivity index (χ0n) is 18.5. The predicted molar refractivity (Wildman–Crippen MR) is 120 cm³/mol. The Morgan fingerprint density at radius 3 is 2.32 bits per heavy atom. The van der Waals surface area contributed by atoms with E-state index in [4.69, 9.17) is 0 Å². The molecule has 1 fully saturated rings. The number of amides is 2. The van der Waals surface area contributed by atoms with Gasteiger partial charge in [0.1, 0.15) is 5.82 Å². The molecule has 2 aromatic carbocycles. The number of carbonyl (C=O) groups is 2. The molecule has 5 nitrogen and oxygen atoms in total. The van der Waals surface area contributed by atoms with E-state index in [-0.39, 0.29) is 17.6 Å². The summed E-state index contributed by atoms with van der Waals surface area (Å²) >= 11 is 0. The van der Waals surface area contributed by atoms with Crippen molar-refractivity contribution in [2.75, 3.05) is 39.3 Å². The van der Waals surface area contributed by atoms with Crippen LogP contribution in [0.1, 0.15) is 41.3 Å². The maximum Gasteiger partial charge on any atom is 0.254 e. The van der Waals surface area contributed by atoms with E-state index in [0.29, 0.717) is 25.1 Å². The number of piperazine rings is 1. The van der Waals surface area contributed by atoms with Gasteiger partial charge in [-0.05, 0) is 42.7 Å². The van der Waals surface area contributed by atoms with Gasteiger partial charge in [-0.25, -0.2) is 4.39 Å².